The topological polar surface area (TPSA) is 67.9 Å². The van der Waals surface area contributed by atoms with E-state index < -0.39 is 0 Å². The fraction of sp³-hybridized carbons (Fsp3) is 0. The molecule has 0 aliphatic rings. The van der Waals surface area contributed by atoms with Gasteiger partial charge in [-0.1, -0.05) is 9.39 Å². The van der Waals surface area contributed by atoms with Gasteiger partial charge in [-0.25, -0.2) is 9.37 Å². The molecule has 0 heterocycles. The van der Waals surface area contributed by atoms with Crippen molar-refractivity contribution in [3.05, 3.63) is 0 Å². The molecule has 4 N–H and O–H groups in total. The smallest absolute Gasteiger partial charge is 0.0807 e. The average molecular weight is 191 g/mol. The number of hydrogen-bond acceptors (Lipinski definition) is 3. The molecule has 0 aliphatic heterocycles. The maximum absolute atomic E-state index is 3.65. The van der Waals surface area contributed by atoms with Crippen LogP contribution in [0.15, 0.2) is 4.52 Å². The Labute approximate surface area is 56.6 Å². The molecular formula is H9N3OP4. The number of nitrogens with one attached hydrogen (secondary N) is 2. The summed E-state index contributed by atoms with van der Waals surface area (Å²) in [5.74, 6) is 0. The molecule has 0 rings (SSSR count). The SMILES string of the molecule is O.P=NPNPNP. The zero-order chi connectivity index (χ0) is 5.54. The average Bonchev–Trinajstić information content (AvgIpc) is 1.69. The van der Waals surface area contributed by atoms with Gasteiger partial charge in [0.25, 0.3) is 0 Å². The molecule has 0 aromatic carbocycles. The van der Waals surface area contributed by atoms with Gasteiger partial charge in [0.1, 0.15) is 0 Å². The van der Waals surface area contributed by atoms with Gasteiger partial charge in [0.15, 0.2) is 0 Å². The summed E-state index contributed by atoms with van der Waals surface area (Å²) in [7, 11) is 6.38. The Kier molecular flexibility index (Phi) is 16.7. The van der Waals surface area contributed by atoms with Crippen LogP contribution < -0.4 is 9.72 Å². The van der Waals surface area contributed by atoms with Gasteiger partial charge in [-0.05, 0) is 9.03 Å². The van der Waals surface area contributed by atoms with Crippen LogP contribution >= 0.6 is 36.2 Å². The van der Waals surface area contributed by atoms with Crippen LogP contribution in [0.3, 0.4) is 0 Å². The van der Waals surface area contributed by atoms with E-state index in [4.69, 9.17) is 0 Å². The summed E-state index contributed by atoms with van der Waals surface area (Å²) in [4.78, 5) is 5.85. The second kappa shape index (κ2) is 11.1. The predicted octanol–water partition coefficient (Wildman–Crippen LogP) is 0.474. The summed E-state index contributed by atoms with van der Waals surface area (Å²) in [5, 5.41) is 0. The van der Waals surface area contributed by atoms with Crippen molar-refractivity contribution in [2.75, 3.05) is 0 Å². The maximum Gasteiger partial charge on any atom is 0.0807 e. The van der Waals surface area contributed by atoms with Crippen LogP contribution in [0.25, 0.3) is 0 Å². The molecule has 3 atom stereocenters. The van der Waals surface area contributed by atoms with Gasteiger partial charge >= 0.3 is 0 Å². The second-order valence-corrected chi connectivity index (χ2v) is 4.14. The minimum absolute atomic E-state index is 0. The molecule has 0 spiro atoms. The molecule has 0 saturated carbocycles. The van der Waals surface area contributed by atoms with Gasteiger partial charge in [0.05, 0.1) is 8.88 Å². The lowest BCUT2D eigenvalue weighted by molar-refractivity contribution is 0.824. The Morgan fingerprint density at radius 3 is 2.62 bits per heavy atom. The summed E-state index contributed by atoms with van der Waals surface area (Å²) in [6, 6.07) is 0. The minimum Gasteiger partial charge on any atom is -0.412 e. The molecule has 0 amide bonds. The van der Waals surface area contributed by atoms with Gasteiger partial charge < -0.3 is 5.48 Å². The van der Waals surface area contributed by atoms with Crippen molar-refractivity contribution in [3.8, 4) is 0 Å². The highest BCUT2D eigenvalue weighted by Gasteiger charge is 1.72. The maximum atomic E-state index is 3.65. The van der Waals surface area contributed by atoms with E-state index in [2.05, 4.69) is 32.7 Å². The summed E-state index contributed by atoms with van der Waals surface area (Å²) in [6.07, 6.45) is 0. The molecule has 0 bridgehead atoms. The van der Waals surface area contributed by atoms with Gasteiger partial charge in [0.2, 0.25) is 0 Å². The molecule has 3 unspecified atom stereocenters. The Morgan fingerprint density at radius 1 is 1.62 bits per heavy atom. The molecule has 0 aromatic heterocycles. The Bertz CT molecular complexity index is 48.5. The highest BCUT2D eigenvalue weighted by atomic mass is 31.2. The normalized spacial score (nSPS) is 10.6. The molecule has 0 radical (unpaired) electrons. The van der Waals surface area contributed by atoms with E-state index in [9.17, 15) is 0 Å². The van der Waals surface area contributed by atoms with Gasteiger partial charge in [-0.3, -0.25) is 4.86 Å². The first-order valence-corrected chi connectivity index (χ1v) is 4.46. The molecule has 0 fully saturated rings. The lowest BCUT2D eigenvalue weighted by Gasteiger charge is -1.93. The first-order valence-electron chi connectivity index (χ1n) is 1.49. The molecule has 50 valence electrons. The van der Waals surface area contributed by atoms with E-state index in [-0.39, 0.29) is 5.48 Å². The van der Waals surface area contributed by atoms with Gasteiger partial charge in [-0.15, -0.1) is 0 Å². The summed E-state index contributed by atoms with van der Waals surface area (Å²) < 4.78 is 3.65. The van der Waals surface area contributed by atoms with Crippen LogP contribution in [0.5, 0.6) is 0 Å². The first kappa shape index (κ1) is 12.0. The van der Waals surface area contributed by atoms with E-state index in [0.29, 0.717) is 17.8 Å². The minimum atomic E-state index is 0. The van der Waals surface area contributed by atoms with Crippen LogP contribution in [-0.4, -0.2) is 5.48 Å². The van der Waals surface area contributed by atoms with Crippen molar-refractivity contribution in [2.45, 2.75) is 0 Å². The van der Waals surface area contributed by atoms with Crippen molar-refractivity contribution in [1.82, 2.24) is 9.72 Å². The molecule has 0 aliphatic carbocycles. The molecule has 0 saturated heterocycles. The fourth-order valence-corrected chi connectivity index (χ4v) is 1.98. The Hall–Kier alpha value is 1.27. The summed E-state index contributed by atoms with van der Waals surface area (Å²) in [5.41, 5.74) is 0. The monoisotopic (exact) mass is 191 g/mol. The number of nitrogens with zero attached hydrogens (tertiary/aromatic N) is 1. The Morgan fingerprint density at radius 2 is 2.25 bits per heavy atom. The van der Waals surface area contributed by atoms with E-state index in [0.717, 1.165) is 0 Å². The standard InChI is InChI=1S/H7N3P4.H2O/c4-1-6-3-7-2-5;/h1,3,5-7H,4H2;1H2. The predicted molar refractivity (Wildman–Crippen MR) is 47.0 cm³/mol. The van der Waals surface area contributed by atoms with Crippen LogP contribution in [0, 0.1) is 0 Å². The van der Waals surface area contributed by atoms with E-state index in [1.807, 2.05) is 0 Å². The van der Waals surface area contributed by atoms with Gasteiger partial charge in [-0.2, -0.15) is 0 Å². The summed E-state index contributed by atoms with van der Waals surface area (Å²) in [6.45, 7) is 0. The zero-order valence-corrected chi connectivity index (χ0v) is 8.18. The molecular weight excluding hydrogens is 182 g/mol. The van der Waals surface area contributed by atoms with Crippen LogP contribution in [-0.2, 0) is 0 Å². The Balaban J connectivity index is 0. The molecule has 8 heavy (non-hydrogen) atoms. The van der Waals surface area contributed by atoms with E-state index in [1.165, 1.54) is 0 Å². The van der Waals surface area contributed by atoms with Gasteiger partial charge in [0, 0.05) is 8.88 Å². The number of hydrogen-bond donors (Lipinski definition) is 2. The summed E-state index contributed by atoms with van der Waals surface area (Å²) >= 11 is 0. The van der Waals surface area contributed by atoms with Crippen LogP contribution in [0.4, 0.5) is 0 Å². The lowest BCUT2D eigenvalue weighted by atomic mass is 13.8. The largest absolute Gasteiger partial charge is 0.412 e. The molecule has 8 heteroatoms. The lowest BCUT2D eigenvalue weighted by Crippen LogP contribution is -1.86. The third-order valence-electron chi connectivity index (χ3n) is 0.246. The second-order valence-electron chi connectivity index (χ2n) is 0.618. The van der Waals surface area contributed by atoms with E-state index >= 15 is 0 Å². The van der Waals surface area contributed by atoms with Crippen LogP contribution in [0.2, 0.25) is 0 Å². The third kappa shape index (κ3) is 10.3. The first-order chi connectivity index (χ1) is 3.41. The van der Waals surface area contributed by atoms with Crippen molar-refractivity contribution in [3.63, 3.8) is 0 Å². The van der Waals surface area contributed by atoms with Crippen molar-refractivity contribution in [2.24, 2.45) is 4.52 Å². The van der Waals surface area contributed by atoms with Crippen molar-refractivity contribution >= 4 is 36.2 Å². The quantitative estimate of drug-likeness (QED) is 0.501. The van der Waals surface area contributed by atoms with Crippen molar-refractivity contribution in [1.29, 1.82) is 0 Å². The fourth-order valence-electron chi connectivity index (χ4n) is 0.0920. The highest BCUT2D eigenvalue weighted by Crippen LogP contribution is 2.14. The van der Waals surface area contributed by atoms with Crippen molar-refractivity contribution < 1.29 is 5.48 Å². The van der Waals surface area contributed by atoms with Crippen LogP contribution in [0.1, 0.15) is 0 Å². The number of rotatable bonds is 4. The molecule has 0 aromatic rings. The molecule has 4 nitrogen and oxygen atoms in total. The highest BCUT2D eigenvalue weighted by molar-refractivity contribution is 7.55. The zero-order valence-electron chi connectivity index (χ0n) is 4.02. The third-order valence-corrected chi connectivity index (χ3v) is 2.22. The van der Waals surface area contributed by atoms with E-state index in [1.54, 1.807) is 0 Å².